The van der Waals surface area contributed by atoms with Gasteiger partial charge in [-0.15, -0.1) is 0 Å². The zero-order valence-electron chi connectivity index (χ0n) is 14.8. The highest BCUT2D eigenvalue weighted by Gasteiger charge is 2.24. The maximum Gasteiger partial charge on any atom is 0.337 e. The normalized spacial score (nSPS) is 11.6. The van der Waals surface area contributed by atoms with Gasteiger partial charge in [0.1, 0.15) is 0 Å². The van der Waals surface area contributed by atoms with E-state index in [1.807, 2.05) is 0 Å². The van der Waals surface area contributed by atoms with Crippen LogP contribution in [0.3, 0.4) is 0 Å². The van der Waals surface area contributed by atoms with Gasteiger partial charge in [0.15, 0.2) is 0 Å². The fourth-order valence-electron chi connectivity index (χ4n) is 2.52. The van der Waals surface area contributed by atoms with Gasteiger partial charge in [0.2, 0.25) is 0 Å². The lowest BCUT2D eigenvalue weighted by Gasteiger charge is -2.16. The number of carboxylic acid groups (broad SMARTS) is 1. The van der Waals surface area contributed by atoms with Crippen LogP contribution in [0.25, 0.3) is 0 Å². The third kappa shape index (κ3) is 4.55. The predicted molar refractivity (Wildman–Crippen MR) is 108 cm³/mol. The van der Waals surface area contributed by atoms with Crippen LogP contribution in [0.15, 0.2) is 88.7 Å². The van der Waals surface area contributed by atoms with Gasteiger partial charge in [-0.2, -0.15) is 0 Å². The van der Waals surface area contributed by atoms with E-state index >= 15 is 0 Å². The molecule has 150 valence electrons. The number of carboxylic acids is 1. The fourth-order valence-corrected chi connectivity index (χ4v) is 4.74. The standard InChI is InChI=1S/C19H16N2O6S2/c22-19(23)16-12-7-13-17(20-28(24,25)14-8-3-1-4-9-14)18(16)21-29(26,27)15-10-5-2-6-11-15/h1-13,20-21H,(H,22,23). The van der Waals surface area contributed by atoms with Crippen LogP contribution in [0.1, 0.15) is 10.4 Å². The van der Waals surface area contributed by atoms with Crippen molar-refractivity contribution in [2.75, 3.05) is 9.44 Å². The summed E-state index contributed by atoms with van der Waals surface area (Å²) in [5, 5.41) is 9.46. The summed E-state index contributed by atoms with van der Waals surface area (Å²) < 4.78 is 55.1. The molecule has 0 saturated heterocycles. The first-order valence-corrected chi connectivity index (χ1v) is 11.2. The SMILES string of the molecule is O=C(O)c1cccc(NS(=O)(=O)c2ccccc2)c1NS(=O)(=O)c1ccccc1. The molecule has 0 radical (unpaired) electrons. The lowest BCUT2D eigenvalue weighted by atomic mass is 10.1. The highest BCUT2D eigenvalue weighted by atomic mass is 32.2. The summed E-state index contributed by atoms with van der Waals surface area (Å²) >= 11 is 0. The van der Waals surface area contributed by atoms with E-state index in [0.29, 0.717) is 0 Å². The average molecular weight is 432 g/mol. The van der Waals surface area contributed by atoms with Crippen molar-refractivity contribution in [3.05, 3.63) is 84.4 Å². The average Bonchev–Trinajstić information content (AvgIpc) is 2.70. The first kappa shape index (κ1) is 20.4. The topological polar surface area (TPSA) is 130 Å². The molecule has 0 aromatic heterocycles. The van der Waals surface area contributed by atoms with E-state index in [9.17, 15) is 26.7 Å². The summed E-state index contributed by atoms with van der Waals surface area (Å²) in [6, 6.07) is 18.5. The lowest BCUT2D eigenvalue weighted by molar-refractivity contribution is 0.0698. The van der Waals surface area contributed by atoms with Crippen LogP contribution in [0.2, 0.25) is 0 Å². The third-order valence-electron chi connectivity index (χ3n) is 3.88. The quantitative estimate of drug-likeness (QED) is 0.526. The minimum atomic E-state index is -4.16. The molecule has 0 spiro atoms. The minimum absolute atomic E-state index is 0.0578. The van der Waals surface area contributed by atoms with Crippen LogP contribution in [-0.4, -0.2) is 27.9 Å². The summed E-state index contributed by atoms with van der Waals surface area (Å²) in [6.07, 6.45) is 0. The molecule has 0 aliphatic carbocycles. The van der Waals surface area contributed by atoms with Crippen molar-refractivity contribution in [1.82, 2.24) is 0 Å². The second-order valence-electron chi connectivity index (χ2n) is 5.87. The maximum atomic E-state index is 12.7. The first-order valence-electron chi connectivity index (χ1n) is 8.23. The maximum absolute atomic E-state index is 12.7. The summed E-state index contributed by atoms with van der Waals surface area (Å²) in [7, 11) is -8.24. The molecule has 10 heteroatoms. The Balaban J connectivity index is 2.08. The number of rotatable bonds is 7. The molecule has 0 aliphatic heterocycles. The summed E-state index contributed by atoms with van der Waals surface area (Å²) in [4.78, 5) is 11.5. The van der Waals surface area contributed by atoms with Gasteiger partial charge in [0.05, 0.1) is 26.7 Å². The van der Waals surface area contributed by atoms with Gasteiger partial charge in [-0.3, -0.25) is 9.44 Å². The van der Waals surface area contributed by atoms with Crippen molar-refractivity contribution in [3.8, 4) is 0 Å². The molecule has 0 amide bonds. The van der Waals surface area contributed by atoms with Gasteiger partial charge in [-0.25, -0.2) is 21.6 Å². The van der Waals surface area contributed by atoms with E-state index in [4.69, 9.17) is 0 Å². The summed E-state index contributed by atoms with van der Waals surface area (Å²) in [6.45, 7) is 0. The molecule has 0 bridgehead atoms. The monoisotopic (exact) mass is 432 g/mol. The Kier molecular flexibility index (Phi) is 5.57. The van der Waals surface area contributed by atoms with E-state index in [1.54, 1.807) is 12.1 Å². The van der Waals surface area contributed by atoms with E-state index in [1.165, 1.54) is 66.7 Å². The zero-order chi connectivity index (χ0) is 21.1. The van der Waals surface area contributed by atoms with Crippen molar-refractivity contribution in [3.63, 3.8) is 0 Å². The zero-order valence-corrected chi connectivity index (χ0v) is 16.4. The van der Waals surface area contributed by atoms with Crippen molar-refractivity contribution >= 4 is 37.4 Å². The van der Waals surface area contributed by atoms with Crippen LogP contribution in [0.4, 0.5) is 11.4 Å². The highest BCUT2D eigenvalue weighted by Crippen LogP contribution is 2.31. The third-order valence-corrected chi connectivity index (χ3v) is 6.63. The molecule has 3 aromatic rings. The smallest absolute Gasteiger partial charge is 0.337 e. The second kappa shape index (κ2) is 7.94. The Morgan fingerprint density at radius 3 is 1.62 bits per heavy atom. The number of para-hydroxylation sites is 1. The van der Waals surface area contributed by atoms with Crippen molar-refractivity contribution in [1.29, 1.82) is 0 Å². The Bertz CT molecular complexity index is 1240. The molecule has 0 unspecified atom stereocenters. The Morgan fingerprint density at radius 2 is 1.14 bits per heavy atom. The van der Waals surface area contributed by atoms with Crippen molar-refractivity contribution in [2.24, 2.45) is 0 Å². The molecule has 0 atom stereocenters. The molecular formula is C19H16N2O6S2. The van der Waals surface area contributed by atoms with Crippen molar-refractivity contribution < 1.29 is 26.7 Å². The number of sulfonamides is 2. The number of anilines is 2. The number of benzene rings is 3. The molecule has 3 rings (SSSR count). The molecule has 8 nitrogen and oxygen atoms in total. The summed E-state index contributed by atoms with van der Waals surface area (Å²) in [5.74, 6) is -1.42. The number of carbonyl (C=O) groups is 1. The van der Waals surface area contributed by atoms with Gasteiger partial charge < -0.3 is 5.11 Å². The number of hydrogen-bond donors (Lipinski definition) is 3. The van der Waals surface area contributed by atoms with Crippen LogP contribution in [0.5, 0.6) is 0 Å². The van der Waals surface area contributed by atoms with Crippen LogP contribution >= 0.6 is 0 Å². The first-order chi connectivity index (χ1) is 13.7. The van der Waals surface area contributed by atoms with E-state index in [2.05, 4.69) is 9.44 Å². The molecule has 3 N–H and O–H groups in total. The van der Waals surface area contributed by atoms with E-state index < -0.39 is 31.6 Å². The predicted octanol–water partition coefficient (Wildman–Crippen LogP) is 2.99. The molecule has 29 heavy (non-hydrogen) atoms. The van der Waals surface area contributed by atoms with E-state index in [0.717, 1.165) is 0 Å². The van der Waals surface area contributed by atoms with Crippen molar-refractivity contribution in [2.45, 2.75) is 9.79 Å². The Morgan fingerprint density at radius 1 is 0.655 bits per heavy atom. The number of aromatic carboxylic acids is 1. The van der Waals surface area contributed by atoms with Gasteiger partial charge in [0, 0.05) is 0 Å². The molecule has 0 aliphatic rings. The number of hydrogen-bond acceptors (Lipinski definition) is 5. The van der Waals surface area contributed by atoms with E-state index in [-0.39, 0.29) is 21.2 Å². The molecular weight excluding hydrogens is 416 g/mol. The van der Waals surface area contributed by atoms with Crippen LogP contribution in [0, 0.1) is 0 Å². The second-order valence-corrected chi connectivity index (χ2v) is 9.24. The fraction of sp³-hybridized carbons (Fsp3) is 0. The molecule has 0 heterocycles. The Labute approximate surface area is 167 Å². The van der Waals surface area contributed by atoms with Gasteiger partial charge in [-0.05, 0) is 36.4 Å². The molecule has 0 saturated carbocycles. The van der Waals surface area contributed by atoms with Gasteiger partial charge >= 0.3 is 5.97 Å². The lowest BCUT2D eigenvalue weighted by Crippen LogP contribution is -2.19. The molecule has 0 fully saturated rings. The minimum Gasteiger partial charge on any atom is -0.478 e. The summed E-state index contributed by atoms with van der Waals surface area (Å²) in [5.41, 5.74) is -1.01. The largest absolute Gasteiger partial charge is 0.478 e. The van der Waals surface area contributed by atoms with Gasteiger partial charge in [0.25, 0.3) is 20.0 Å². The number of nitrogens with one attached hydrogen (secondary N) is 2. The van der Waals surface area contributed by atoms with Crippen LogP contribution < -0.4 is 9.44 Å². The highest BCUT2D eigenvalue weighted by molar-refractivity contribution is 7.93. The molecule has 3 aromatic carbocycles. The van der Waals surface area contributed by atoms with Crippen LogP contribution in [-0.2, 0) is 20.0 Å². The van der Waals surface area contributed by atoms with Gasteiger partial charge in [-0.1, -0.05) is 42.5 Å². The Hall–Kier alpha value is -3.37.